The molecule has 0 radical (unpaired) electrons. The number of nitrogens with one attached hydrogen (secondary N) is 2. The fraction of sp³-hybridized carbons (Fsp3) is 0.400. The van der Waals surface area contributed by atoms with Gasteiger partial charge >= 0.3 is 0 Å². The Kier molecular flexibility index (Phi) is 9.68. The van der Waals surface area contributed by atoms with E-state index < -0.39 is 5.82 Å². The van der Waals surface area contributed by atoms with E-state index in [1.807, 2.05) is 45.0 Å². The highest BCUT2D eigenvalue weighted by Gasteiger charge is 2.15. The van der Waals surface area contributed by atoms with Crippen LogP contribution in [-0.4, -0.2) is 45.3 Å². The first-order chi connectivity index (χ1) is 15.2. The lowest BCUT2D eigenvalue weighted by Crippen LogP contribution is -2.23. The SMILES string of the molecule is C=C(Nc1ccc(NCCOC(C)(C)C)cc1)c1c(F)cc(OCCOC)cc1N=CC. The zero-order valence-electron chi connectivity index (χ0n) is 19.6. The number of ether oxygens (including phenoxy) is 3. The van der Waals surface area contributed by atoms with E-state index in [1.54, 1.807) is 26.3 Å². The van der Waals surface area contributed by atoms with Crippen molar-refractivity contribution in [2.24, 2.45) is 4.99 Å². The van der Waals surface area contributed by atoms with Gasteiger partial charge in [0.25, 0.3) is 0 Å². The molecular weight excluding hydrogens is 409 g/mol. The quantitative estimate of drug-likeness (QED) is 0.317. The summed E-state index contributed by atoms with van der Waals surface area (Å²) in [6.07, 6.45) is 1.61. The van der Waals surface area contributed by atoms with E-state index in [4.69, 9.17) is 14.2 Å². The molecule has 6 nitrogen and oxygen atoms in total. The molecule has 0 spiro atoms. The number of rotatable bonds is 12. The molecule has 32 heavy (non-hydrogen) atoms. The number of methoxy groups -OCH3 is 1. The van der Waals surface area contributed by atoms with E-state index in [9.17, 15) is 4.39 Å². The summed E-state index contributed by atoms with van der Waals surface area (Å²) >= 11 is 0. The molecule has 2 N–H and O–H groups in total. The lowest BCUT2D eigenvalue weighted by atomic mass is 10.1. The van der Waals surface area contributed by atoms with E-state index in [0.29, 0.717) is 49.1 Å². The first kappa shape index (κ1) is 25.4. The molecule has 0 bridgehead atoms. The Labute approximate surface area is 190 Å². The highest BCUT2D eigenvalue weighted by Crippen LogP contribution is 2.33. The van der Waals surface area contributed by atoms with Crippen LogP contribution in [0.1, 0.15) is 33.3 Å². The Morgan fingerprint density at radius 3 is 2.41 bits per heavy atom. The highest BCUT2D eigenvalue weighted by molar-refractivity contribution is 5.83. The predicted octanol–water partition coefficient (Wildman–Crippen LogP) is 5.88. The van der Waals surface area contributed by atoms with Gasteiger partial charge in [-0.3, -0.25) is 4.99 Å². The third-order valence-electron chi connectivity index (χ3n) is 4.32. The maximum Gasteiger partial charge on any atom is 0.138 e. The molecule has 0 aliphatic heterocycles. The topological polar surface area (TPSA) is 64.1 Å². The Hall–Kier alpha value is -2.90. The summed E-state index contributed by atoms with van der Waals surface area (Å²) in [6.45, 7) is 13.9. The number of aliphatic imine (C=N–C) groups is 1. The van der Waals surface area contributed by atoms with Crippen LogP contribution in [-0.2, 0) is 9.47 Å². The molecule has 0 aliphatic rings. The average Bonchev–Trinajstić information content (AvgIpc) is 2.72. The van der Waals surface area contributed by atoms with Crippen LogP contribution in [0.2, 0.25) is 0 Å². The van der Waals surface area contributed by atoms with Crippen LogP contribution in [0.3, 0.4) is 0 Å². The maximum atomic E-state index is 14.9. The van der Waals surface area contributed by atoms with Gasteiger partial charge in [-0.25, -0.2) is 4.39 Å². The van der Waals surface area contributed by atoms with Gasteiger partial charge < -0.3 is 24.8 Å². The van der Waals surface area contributed by atoms with Crippen LogP contribution >= 0.6 is 0 Å². The normalized spacial score (nSPS) is 11.6. The average molecular weight is 444 g/mol. The number of hydrogen-bond donors (Lipinski definition) is 2. The van der Waals surface area contributed by atoms with Crippen molar-refractivity contribution < 1.29 is 18.6 Å². The zero-order chi connectivity index (χ0) is 23.6. The highest BCUT2D eigenvalue weighted by atomic mass is 19.1. The number of anilines is 2. The predicted molar refractivity (Wildman–Crippen MR) is 131 cm³/mol. The second-order valence-electron chi connectivity index (χ2n) is 8.10. The van der Waals surface area contributed by atoms with Gasteiger partial charge in [-0.2, -0.15) is 0 Å². The van der Waals surface area contributed by atoms with Crippen molar-refractivity contribution in [2.75, 3.05) is 44.1 Å². The van der Waals surface area contributed by atoms with Crippen molar-refractivity contribution >= 4 is 29.0 Å². The Bertz CT molecular complexity index is 906. The smallest absolute Gasteiger partial charge is 0.138 e. The molecule has 0 saturated carbocycles. The lowest BCUT2D eigenvalue weighted by molar-refractivity contribution is 0.00333. The molecule has 174 valence electrons. The van der Waals surface area contributed by atoms with Crippen LogP contribution in [0, 0.1) is 5.82 Å². The van der Waals surface area contributed by atoms with E-state index in [-0.39, 0.29) is 5.60 Å². The molecule has 2 aromatic rings. The number of nitrogens with zero attached hydrogens (tertiary/aromatic N) is 1. The van der Waals surface area contributed by atoms with Gasteiger partial charge in [0.15, 0.2) is 0 Å². The summed E-state index contributed by atoms with van der Waals surface area (Å²) in [6, 6.07) is 10.7. The van der Waals surface area contributed by atoms with Crippen molar-refractivity contribution in [1.82, 2.24) is 0 Å². The van der Waals surface area contributed by atoms with Crippen LogP contribution in [0.15, 0.2) is 48.0 Å². The maximum absolute atomic E-state index is 14.9. The van der Waals surface area contributed by atoms with E-state index in [2.05, 4.69) is 22.2 Å². The molecule has 2 aromatic carbocycles. The minimum atomic E-state index is -0.463. The largest absolute Gasteiger partial charge is 0.491 e. The van der Waals surface area contributed by atoms with Gasteiger partial charge in [0.2, 0.25) is 0 Å². The first-order valence-electron chi connectivity index (χ1n) is 10.6. The van der Waals surface area contributed by atoms with E-state index >= 15 is 0 Å². The van der Waals surface area contributed by atoms with Crippen molar-refractivity contribution in [2.45, 2.75) is 33.3 Å². The van der Waals surface area contributed by atoms with Gasteiger partial charge in [-0.1, -0.05) is 6.58 Å². The minimum absolute atomic E-state index is 0.153. The molecule has 7 heteroatoms. The van der Waals surface area contributed by atoms with Gasteiger partial charge in [0.1, 0.15) is 18.2 Å². The summed E-state index contributed by atoms with van der Waals surface area (Å²) in [5.41, 5.74) is 2.75. The molecular formula is C25H34FN3O3. The second kappa shape index (κ2) is 12.2. The second-order valence-corrected chi connectivity index (χ2v) is 8.10. The molecule has 2 rings (SSSR count). The van der Waals surface area contributed by atoms with Crippen molar-refractivity contribution in [1.29, 1.82) is 0 Å². The zero-order valence-corrected chi connectivity index (χ0v) is 19.6. The van der Waals surface area contributed by atoms with Gasteiger partial charge in [-0.05, 0) is 52.0 Å². The minimum Gasteiger partial charge on any atom is -0.491 e. The van der Waals surface area contributed by atoms with Gasteiger partial charge in [-0.15, -0.1) is 0 Å². The number of halogens is 1. The van der Waals surface area contributed by atoms with E-state index in [0.717, 1.165) is 11.4 Å². The number of hydrogen-bond acceptors (Lipinski definition) is 6. The van der Waals surface area contributed by atoms with E-state index in [1.165, 1.54) is 6.07 Å². The molecule has 0 unspecified atom stereocenters. The third kappa shape index (κ3) is 8.32. The van der Waals surface area contributed by atoms with Crippen LogP contribution in [0.5, 0.6) is 5.75 Å². The molecule has 0 fully saturated rings. The van der Waals surface area contributed by atoms with Crippen LogP contribution < -0.4 is 15.4 Å². The van der Waals surface area contributed by atoms with Gasteiger partial charge in [0, 0.05) is 49.1 Å². The third-order valence-corrected chi connectivity index (χ3v) is 4.32. The number of benzene rings is 2. The molecule has 0 saturated heterocycles. The summed E-state index contributed by atoms with van der Waals surface area (Å²) in [7, 11) is 1.58. The van der Waals surface area contributed by atoms with Crippen LogP contribution in [0.25, 0.3) is 5.70 Å². The lowest BCUT2D eigenvalue weighted by Gasteiger charge is -2.19. The first-order valence-corrected chi connectivity index (χ1v) is 10.6. The van der Waals surface area contributed by atoms with Gasteiger partial charge in [0.05, 0.1) is 30.1 Å². The molecule has 0 aliphatic carbocycles. The summed E-state index contributed by atoms with van der Waals surface area (Å²) in [4.78, 5) is 4.29. The standard InChI is InChI=1S/C25H34FN3O3/c1-7-27-23-17-21(31-15-14-30-6)16-22(26)24(23)18(2)29-20-10-8-19(9-11-20)28-12-13-32-25(3,4)5/h7-11,16-17,28-29H,2,12-15H2,1,3-6H3. The fourth-order valence-electron chi connectivity index (χ4n) is 2.89. The Morgan fingerprint density at radius 1 is 1.09 bits per heavy atom. The monoisotopic (exact) mass is 443 g/mol. The summed E-state index contributed by atoms with van der Waals surface area (Å²) in [5, 5.41) is 6.48. The molecule has 0 amide bonds. The van der Waals surface area contributed by atoms with Crippen LogP contribution in [0.4, 0.5) is 21.5 Å². The van der Waals surface area contributed by atoms with Crippen molar-refractivity contribution in [3.05, 3.63) is 54.4 Å². The fourth-order valence-corrected chi connectivity index (χ4v) is 2.89. The Morgan fingerprint density at radius 2 is 1.78 bits per heavy atom. The molecule has 0 aromatic heterocycles. The summed E-state index contributed by atoms with van der Waals surface area (Å²) in [5.74, 6) is -0.0716. The molecule has 0 heterocycles. The van der Waals surface area contributed by atoms with Crippen molar-refractivity contribution in [3.63, 3.8) is 0 Å². The molecule has 0 atom stereocenters. The summed E-state index contributed by atoms with van der Waals surface area (Å²) < 4.78 is 31.1. The van der Waals surface area contributed by atoms with Crippen molar-refractivity contribution in [3.8, 4) is 5.75 Å². The Balaban J connectivity index is 2.04.